The number of aromatic nitrogens is 1. The maximum Gasteiger partial charge on any atom is 0.212 e. The summed E-state index contributed by atoms with van der Waals surface area (Å²) in [6.45, 7) is 6.28. The third-order valence-electron chi connectivity index (χ3n) is 3.24. The van der Waals surface area contributed by atoms with E-state index in [-0.39, 0.29) is 5.38 Å². The van der Waals surface area contributed by atoms with E-state index in [1.54, 1.807) is 6.20 Å². The van der Waals surface area contributed by atoms with Gasteiger partial charge in [-0.05, 0) is 24.8 Å². The van der Waals surface area contributed by atoms with Gasteiger partial charge in [0.15, 0.2) is 5.76 Å². The molecule has 18 heavy (non-hydrogen) atoms. The van der Waals surface area contributed by atoms with Crippen LogP contribution in [0.25, 0.3) is 11.3 Å². The van der Waals surface area contributed by atoms with Crippen molar-refractivity contribution in [2.24, 2.45) is 0 Å². The van der Waals surface area contributed by atoms with Crippen LogP contribution in [0, 0.1) is 0 Å². The van der Waals surface area contributed by atoms with Gasteiger partial charge in [-0.25, -0.2) is 4.98 Å². The minimum atomic E-state index is -0.196. The van der Waals surface area contributed by atoms with E-state index in [0.717, 1.165) is 17.7 Å². The summed E-state index contributed by atoms with van der Waals surface area (Å²) in [7, 11) is 0. The van der Waals surface area contributed by atoms with Crippen LogP contribution in [0.5, 0.6) is 0 Å². The zero-order valence-electron chi connectivity index (χ0n) is 11.0. The van der Waals surface area contributed by atoms with Crippen LogP contribution in [0.4, 0.5) is 0 Å². The van der Waals surface area contributed by atoms with Crippen LogP contribution in [0.3, 0.4) is 0 Å². The highest BCUT2D eigenvalue weighted by Gasteiger charge is 2.11. The van der Waals surface area contributed by atoms with Gasteiger partial charge in [-0.2, -0.15) is 0 Å². The van der Waals surface area contributed by atoms with E-state index >= 15 is 0 Å². The predicted molar refractivity (Wildman–Crippen MR) is 74.9 cm³/mol. The summed E-state index contributed by atoms with van der Waals surface area (Å²) in [6, 6.07) is 8.45. The molecule has 0 N–H and O–H groups in total. The van der Waals surface area contributed by atoms with Crippen molar-refractivity contribution in [1.82, 2.24) is 4.98 Å². The van der Waals surface area contributed by atoms with Gasteiger partial charge in [0.05, 0.1) is 6.20 Å². The first-order valence-electron chi connectivity index (χ1n) is 6.32. The van der Waals surface area contributed by atoms with Gasteiger partial charge < -0.3 is 4.42 Å². The van der Waals surface area contributed by atoms with Crippen LogP contribution in [0.15, 0.2) is 34.9 Å². The number of hydrogen-bond donors (Lipinski definition) is 0. The Balaban J connectivity index is 2.23. The maximum atomic E-state index is 5.93. The lowest BCUT2D eigenvalue weighted by Gasteiger charge is -2.08. The second-order valence-electron chi connectivity index (χ2n) is 4.61. The van der Waals surface area contributed by atoms with Crippen molar-refractivity contribution in [3.63, 3.8) is 0 Å². The molecule has 0 amide bonds. The number of hydrogen-bond acceptors (Lipinski definition) is 2. The smallest absolute Gasteiger partial charge is 0.212 e. The Morgan fingerprint density at radius 1 is 1.22 bits per heavy atom. The summed E-state index contributed by atoms with van der Waals surface area (Å²) in [5, 5.41) is -0.196. The summed E-state index contributed by atoms with van der Waals surface area (Å²) >= 11 is 5.93. The Morgan fingerprint density at radius 2 is 1.89 bits per heavy atom. The standard InChI is InChI=1S/C15H18ClNO/c1-4-10(2)12-5-7-13(8-6-12)14-9-17-15(18-14)11(3)16/h5-11H,4H2,1-3H3/t10-,11+/m0/s1. The topological polar surface area (TPSA) is 26.0 Å². The lowest BCUT2D eigenvalue weighted by molar-refractivity contribution is 0.508. The summed E-state index contributed by atoms with van der Waals surface area (Å²) in [5.74, 6) is 1.93. The van der Waals surface area contributed by atoms with Gasteiger partial charge in [0.25, 0.3) is 0 Å². The molecule has 2 nitrogen and oxygen atoms in total. The van der Waals surface area contributed by atoms with E-state index in [2.05, 4.69) is 43.1 Å². The van der Waals surface area contributed by atoms with Gasteiger partial charge in [0, 0.05) is 5.56 Å². The van der Waals surface area contributed by atoms with Crippen LogP contribution in [0.1, 0.15) is 49.9 Å². The summed E-state index contributed by atoms with van der Waals surface area (Å²) in [6.07, 6.45) is 2.88. The average Bonchev–Trinajstić information content (AvgIpc) is 2.88. The maximum absolute atomic E-state index is 5.93. The van der Waals surface area contributed by atoms with E-state index in [9.17, 15) is 0 Å². The quantitative estimate of drug-likeness (QED) is 0.713. The van der Waals surface area contributed by atoms with Gasteiger partial charge in [0.1, 0.15) is 5.38 Å². The molecular weight excluding hydrogens is 246 g/mol. The van der Waals surface area contributed by atoms with Crippen molar-refractivity contribution in [3.05, 3.63) is 41.9 Å². The molecule has 1 aromatic heterocycles. The van der Waals surface area contributed by atoms with Crippen LogP contribution in [0.2, 0.25) is 0 Å². The zero-order valence-corrected chi connectivity index (χ0v) is 11.7. The van der Waals surface area contributed by atoms with Crippen molar-refractivity contribution in [2.75, 3.05) is 0 Å². The Labute approximate surface area is 113 Å². The van der Waals surface area contributed by atoms with E-state index in [1.165, 1.54) is 5.56 Å². The Morgan fingerprint density at radius 3 is 2.39 bits per heavy atom. The van der Waals surface area contributed by atoms with E-state index in [1.807, 2.05) is 6.92 Å². The van der Waals surface area contributed by atoms with Crippen LogP contribution >= 0.6 is 11.6 Å². The molecule has 2 atom stereocenters. The Kier molecular flexibility index (Phi) is 4.07. The first-order chi connectivity index (χ1) is 8.61. The molecule has 3 heteroatoms. The SMILES string of the molecule is CC[C@H](C)c1ccc(-c2cnc([C@@H](C)Cl)o2)cc1. The molecular formula is C15H18ClNO. The Bertz CT molecular complexity index is 501. The number of nitrogens with zero attached hydrogens (tertiary/aromatic N) is 1. The van der Waals surface area contributed by atoms with Crippen LogP contribution in [-0.4, -0.2) is 4.98 Å². The molecule has 0 radical (unpaired) electrons. The van der Waals surface area contributed by atoms with Gasteiger partial charge in [0.2, 0.25) is 5.89 Å². The molecule has 0 aliphatic carbocycles. The van der Waals surface area contributed by atoms with Crippen molar-refractivity contribution in [2.45, 2.75) is 38.5 Å². The first kappa shape index (κ1) is 13.2. The lowest BCUT2D eigenvalue weighted by atomic mass is 9.97. The number of alkyl halides is 1. The van der Waals surface area contributed by atoms with Crippen molar-refractivity contribution < 1.29 is 4.42 Å². The number of halogens is 1. The Hall–Kier alpha value is -1.28. The summed E-state index contributed by atoms with van der Waals surface area (Å²) in [5.41, 5.74) is 2.39. The second-order valence-corrected chi connectivity index (χ2v) is 5.26. The molecule has 0 saturated heterocycles. The number of rotatable bonds is 4. The van der Waals surface area contributed by atoms with Gasteiger partial charge in [-0.3, -0.25) is 0 Å². The van der Waals surface area contributed by atoms with E-state index in [0.29, 0.717) is 11.8 Å². The van der Waals surface area contributed by atoms with Crippen molar-refractivity contribution in [1.29, 1.82) is 0 Å². The highest BCUT2D eigenvalue weighted by molar-refractivity contribution is 6.20. The van der Waals surface area contributed by atoms with Gasteiger partial charge in [-0.1, -0.05) is 38.1 Å². The summed E-state index contributed by atoms with van der Waals surface area (Å²) in [4.78, 5) is 4.17. The fourth-order valence-electron chi connectivity index (χ4n) is 1.82. The van der Waals surface area contributed by atoms with Gasteiger partial charge in [-0.15, -0.1) is 11.6 Å². The zero-order chi connectivity index (χ0) is 13.1. The van der Waals surface area contributed by atoms with Crippen LogP contribution < -0.4 is 0 Å². The largest absolute Gasteiger partial charge is 0.439 e. The predicted octanol–water partition coefficient (Wildman–Crippen LogP) is 5.15. The third kappa shape index (κ3) is 2.75. The summed E-state index contributed by atoms with van der Waals surface area (Å²) < 4.78 is 5.61. The van der Waals surface area contributed by atoms with E-state index in [4.69, 9.17) is 16.0 Å². The fourth-order valence-corrected chi connectivity index (χ4v) is 1.92. The second kappa shape index (κ2) is 5.57. The van der Waals surface area contributed by atoms with Crippen molar-refractivity contribution >= 4 is 11.6 Å². The fraction of sp³-hybridized carbons (Fsp3) is 0.400. The first-order valence-corrected chi connectivity index (χ1v) is 6.75. The average molecular weight is 264 g/mol. The molecule has 2 aromatic rings. The minimum Gasteiger partial charge on any atom is -0.439 e. The minimum absolute atomic E-state index is 0.196. The molecule has 1 aromatic carbocycles. The van der Waals surface area contributed by atoms with Crippen LogP contribution in [-0.2, 0) is 0 Å². The van der Waals surface area contributed by atoms with Gasteiger partial charge >= 0.3 is 0 Å². The molecule has 0 fully saturated rings. The molecule has 0 spiro atoms. The molecule has 0 aliphatic heterocycles. The molecule has 96 valence electrons. The van der Waals surface area contributed by atoms with E-state index < -0.39 is 0 Å². The highest BCUT2D eigenvalue weighted by atomic mass is 35.5. The third-order valence-corrected chi connectivity index (χ3v) is 3.43. The molecule has 1 heterocycles. The molecule has 0 aliphatic rings. The molecule has 0 saturated carbocycles. The monoisotopic (exact) mass is 263 g/mol. The highest BCUT2D eigenvalue weighted by Crippen LogP contribution is 2.27. The molecule has 0 bridgehead atoms. The number of benzene rings is 1. The molecule has 0 unspecified atom stereocenters. The lowest BCUT2D eigenvalue weighted by Crippen LogP contribution is -1.90. The molecule has 2 rings (SSSR count). The normalized spacial score (nSPS) is 14.4. The number of oxazole rings is 1. The van der Waals surface area contributed by atoms with Crippen molar-refractivity contribution in [3.8, 4) is 11.3 Å².